The van der Waals surface area contributed by atoms with Gasteiger partial charge < -0.3 is 19.9 Å². The molecule has 124 valence electrons. The van der Waals surface area contributed by atoms with Gasteiger partial charge in [-0.2, -0.15) is 0 Å². The van der Waals surface area contributed by atoms with E-state index in [9.17, 15) is 0 Å². The van der Waals surface area contributed by atoms with Crippen LogP contribution in [0.25, 0.3) is 0 Å². The molecule has 0 radical (unpaired) electrons. The van der Waals surface area contributed by atoms with E-state index in [4.69, 9.17) is 19.9 Å². The van der Waals surface area contributed by atoms with Gasteiger partial charge in [0.15, 0.2) is 11.5 Å². The molecule has 2 aromatic rings. The molecule has 4 nitrogen and oxygen atoms in total. The molecule has 0 saturated carbocycles. The van der Waals surface area contributed by atoms with Gasteiger partial charge in [-0.25, -0.2) is 0 Å². The first-order valence-corrected chi connectivity index (χ1v) is 7.84. The predicted molar refractivity (Wildman–Crippen MR) is 92.3 cm³/mol. The molecule has 0 aliphatic rings. The van der Waals surface area contributed by atoms with Crippen molar-refractivity contribution >= 4 is 0 Å². The van der Waals surface area contributed by atoms with E-state index in [1.807, 2.05) is 42.5 Å². The standard InChI is InChI=1S/C19H25NO3/c1-4-16(20)11-15-7-10-18(19(12-15)22-3)23-13-14-5-8-17(21-2)9-6-14/h5-10,12,16H,4,11,13,20H2,1-3H3. The summed E-state index contributed by atoms with van der Waals surface area (Å²) in [5.74, 6) is 2.30. The molecule has 1 unspecified atom stereocenters. The molecular formula is C19H25NO3. The normalized spacial score (nSPS) is 11.8. The monoisotopic (exact) mass is 315 g/mol. The van der Waals surface area contributed by atoms with Crippen LogP contribution >= 0.6 is 0 Å². The third kappa shape index (κ3) is 4.89. The van der Waals surface area contributed by atoms with Gasteiger partial charge in [-0.15, -0.1) is 0 Å². The molecule has 1 atom stereocenters. The van der Waals surface area contributed by atoms with Crippen LogP contribution < -0.4 is 19.9 Å². The molecule has 2 aromatic carbocycles. The summed E-state index contributed by atoms with van der Waals surface area (Å²) in [6, 6.07) is 14.0. The third-order valence-electron chi connectivity index (χ3n) is 3.80. The summed E-state index contributed by atoms with van der Waals surface area (Å²) >= 11 is 0. The lowest BCUT2D eigenvalue weighted by molar-refractivity contribution is 0.284. The lowest BCUT2D eigenvalue weighted by atomic mass is 10.0. The second kappa shape index (κ2) is 8.44. The van der Waals surface area contributed by atoms with Crippen LogP contribution in [0.3, 0.4) is 0 Å². The Morgan fingerprint density at radius 1 is 0.913 bits per heavy atom. The number of hydrogen-bond donors (Lipinski definition) is 1. The Morgan fingerprint density at radius 2 is 1.61 bits per heavy atom. The van der Waals surface area contributed by atoms with Gasteiger partial charge in [-0.1, -0.05) is 25.1 Å². The van der Waals surface area contributed by atoms with Crippen molar-refractivity contribution in [3.05, 3.63) is 53.6 Å². The largest absolute Gasteiger partial charge is 0.497 e. The number of rotatable bonds is 8. The smallest absolute Gasteiger partial charge is 0.161 e. The predicted octanol–water partition coefficient (Wildman–Crippen LogP) is 3.56. The van der Waals surface area contributed by atoms with Crippen LogP contribution in [0, 0.1) is 0 Å². The van der Waals surface area contributed by atoms with Crippen LogP contribution in [0.2, 0.25) is 0 Å². The minimum Gasteiger partial charge on any atom is -0.497 e. The minimum absolute atomic E-state index is 0.172. The quantitative estimate of drug-likeness (QED) is 0.809. The molecule has 0 aromatic heterocycles. The van der Waals surface area contributed by atoms with E-state index in [0.29, 0.717) is 6.61 Å². The molecule has 0 heterocycles. The van der Waals surface area contributed by atoms with Crippen molar-refractivity contribution in [2.24, 2.45) is 5.73 Å². The van der Waals surface area contributed by atoms with Crippen molar-refractivity contribution in [3.63, 3.8) is 0 Å². The van der Waals surface area contributed by atoms with Crippen LogP contribution in [-0.4, -0.2) is 20.3 Å². The molecule has 0 amide bonds. The molecule has 4 heteroatoms. The maximum Gasteiger partial charge on any atom is 0.161 e. The van der Waals surface area contributed by atoms with Crippen molar-refractivity contribution in [1.82, 2.24) is 0 Å². The molecule has 0 spiro atoms. The van der Waals surface area contributed by atoms with Gasteiger partial charge >= 0.3 is 0 Å². The average molecular weight is 315 g/mol. The Balaban J connectivity index is 2.03. The lowest BCUT2D eigenvalue weighted by Crippen LogP contribution is -2.21. The van der Waals surface area contributed by atoms with Crippen molar-refractivity contribution in [1.29, 1.82) is 0 Å². The number of ether oxygens (including phenoxy) is 3. The SMILES string of the molecule is CCC(N)Cc1ccc(OCc2ccc(OC)cc2)c(OC)c1. The zero-order valence-corrected chi connectivity index (χ0v) is 14.0. The second-order valence-corrected chi connectivity index (χ2v) is 5.49. The topological polar surface area (TPSA) is 53.7 Å². The highest BCUT2D eigenvalue weighted by atomic mass is 16.5. The van der Waals surface area contributed by atoms with Gasteiger partial charge in [-0.05, 0) is 48.2 Å². The van der Waals surface area contributed by atoms with E-state index in [1.165, 1.54) is 0 Å². The Kier molecular flexibility index (Phi) is 6.29. The van der Waals surface area contributed by atoms with E-state index in [0.717, 1.165) is 41.2 Å². The summed E-state index contributed by atoms with van der Waals surface area (Å²) < 4.78 is 16.5. The molecular weight excluding hydrogens is 290 g/mol. The number of benzene rings is 2. The Bertz CT molecular complexity index is 611. The number of methoxy groups -OCH3 is 2. The van der Waals surface area contributed by atoms with Crippen LogP contribution in [0.5, 0.6) is 17.2 Å². The van der Waals surface area contributed by atoms with Crippen LogP contribution in [0.15, 0.2) is 42.5 Å². The fourth-order valence-corrected chi connectivity index (χ4v) is 2.29. The highest BCUT2D eigenvalue weighted by Gasteiger charge is 2.08. The Hall–Kier alpha value is -2.20. The highest BCUT2D eigenvalue weighted by Crippen LogP contribution is 2.29. The maximum atomic E-state index is 6.01. The summed E-state index contributed by atoms with van der Waals surface area (Å²) in [5, 5.41) is 0. The fourth-order valence-electron chi connectivity index (χ4n) is 2.29. The fraction of sp³-hybridized carbons (Fsp3) is 0.368. The van der Waals surface area contributed by atoms with Crippen molar-refractivity contribution in [2.75, 3.05) is 14.2 Å². The molecule has 0 aliphatic carbocycles. The van der Waals surface area contributed by atoms with E-state index in [1.54, 1.807) is 14.2 Å². The third-order valence-corrected chi connectivity index (χ3v) is 3.80. The van der Waals surface area contributed by atoms with E-state index >= 15 is 0 Å². The molecule has 0 aliphatic heterocycles. The van der Waals surface area contributed by atoms with Gasteiger partial charge in [-0.3, -0.25) is 0 Å². The van der Waals surface area contributed by atoms with E-state index in [-0.39, 0.29) is 6.04 Å². The minimum atomic E-state index is 0.172. The first-order valence-electron chi connectivity index (χ1n) is 7.84. The first-order chi connectivity index (χ1) is 11.2. The summed E-state index contributed by atoms with van der Waals surface area (Å²) in [6.07, 6.45) is 1.80. The summed E-state index contributed by atoms with van der Waals surface area (Å²) in [6.45, 7) is 2.57. The van der Waals surface area contributed by atoms with Gasteiger partial charge in [0.25, 0.3) is 0 Å². The van der Waals surface area contributed by atoms with E-state index < -0.39 is 0 Å². The van der Waals surface area contributed by atoms with Crippen molar-refractivity contribution in [3.8, 4) is 17.2 Å². The Morgan fingerprint density at radius 3 is 2.22 bits per heavy atom. The molecule has 0 saturated heterocycles. The molecule has 23 heavy (non-hydrogen) atoms. The van der Waals surface area contributed by atoms with Crippen molar-refractivity contribution < 1.29 is 14.2 Å². The molecule has 2 rings (SSSR count). The average Bonchev–Trinajstić information content (AvgIpc) is 2.60. The lowest BCUT2D eigenvalue weighted by Gasteiger charge is -2.14. The van der Waals surface area contributed by atoms with Gasteiger partial charge in [0.1, 0.15) is 12.4 Å². The van der Waals surface area contributed by atoms with Crippen LogP contribution in [-0.2, 0) is 13.0 Å². The van der Waals surface area contributed by atoms with Crippen LogP contribution in [0.4, 0.5) is 0 Å². The first kappa shape index (κ1) is 17.2. The summed E-state index contributed by atoms with van der Waals surface area (Å²) in [5.41, 5.74) is 8.24. The van der Waals surface area contributed by atoms with Gasteiger partial charge in [0.2, 0.25) is 0 Å². The summed E-state index contributed by atoms with van der Waals surface area (Å²) in [4.78, 5) is 0. The van der Waals surface area contributed by atoms with E-state index in [2.05, 4.69) is 6.92 Å². The highest BCUT2D eigenvalue weighted by molar-refractivity contribution is 5.43. The zero-order valence-electron chi connectivity index (χ0n) is 14.0. The summed E-state index contributed by atoms with van der Waals surface area (Å²) in [7, 11) is 3.31. The van der Waals surface area contributed by atoms with Crippen LogP contribution in [0.1, 0.15) is 24.5 Å². The maximum absolute atomic E-state index is 6.01. The second-order valence-electron chi connectivity index (χ2n) is 5.49. The number of nitrogens with two attached hydrogens (primary N) is 1. The zero-order chi connectivity index (χ0) is 16.7. The van der Waals surface area contributed by atoms with Gasteiger partial charge in [0.05, 0.1) is 14.2 Å². The Labute approximate surface area is 138 Å². The van der Waals surface area contributed by atoms with Crippen molar-refractivity contribution in [2.45, 2.75) is 32.4 Å². The van der Waals surface area contributed by atoms with Gasteiger partial charge in [0, 0.05) is 6.04 Å². The molecule has 0 fully saturated rings. The molecule has 0 bridgehead atoms. The number of hydrogen-bond acceptors (Lipinski definition) is 4. The molecule has 2 N–H and O–H groups in total.